The number of allylic oxidation sites excluding steroid dienone is 6. The molecular weight excluding hydrogens is 766 g/mol. The summed E-state index contributed by atoms with van der Waals surface area (Å²) in [7, 11) is 0. The van der Waals surface area contributed by atoms with Crippen molar-refractivity contribution in [3.05, 3.63) is 70.9 Å². The van der Waals surface area contributed by atoms with E-state index in [9.17, 15) is 38.7 Å². The van der Waals surface area contributed by atoms with Crippen LogP contribution in [0.25, 0.3) is 6.08 Å². The molecule has 1 aromatic carbocycles. The molecular formula is C37H50BrN7O9. The van der Waals surface area contributed by atoms with Crippen molar-refractivity contribution >= 4 is 63.4 Å². The summed E-state index contributed by atoms with van der Waals surface area (Å²) < 4.78 is 6.27. The molecule has 0 bridgehead atoms. The van der Waals surface area contributed by atoms with Gasteiger partial charge in [0.15, 0.2) is 0 Å². The molecule has 2 rings (SSSR count). The number of rotatable bonds is 13. The van der Waals surface area contributed by atoms with Gasteiger partial charge in [0.2, 0.25) is 35.4 Å². The van der Waals surface area contributed by atoms with Crippen LogP contribution in [0, 0.1) is 11.8 Å². The lowest BCUT2D eigenvalue weighted by Gasteiger charge is -2.31. The van der Waals surface area contributed by atoms with Crippen molar-refractivity contribution in [3.63, 3.8) is 0 Å². The molecule has 1 saturated heterocycles. The lowest BCUT2D eigenvalue weighted by Crippen LogP contribution is -2.62. The summed E-state index contributed by atoms with van der Waals surface area (Å²) in [6.07, 6.45) is 11.2. The van der Waals surface area contributed by atoms with Crippen LogP contribution in [-0.4, -0.2) is 82.8 Å². The smallest absolute Gasteiger partial charge is 0.328 e. The first-order valence-electron chi connectivity index (χ1n) is 17.3. The number of hydrogen-bond donors (Lipinski definition) is 8. The van der Waals surface area contributed by atoms with E-state index in [0.717, 1.165) is 5.56 Å². The van der Waals surface area contributed by atoms with Gasteiger partial charge >= 0.3 is 5.97 Å². The Balaban J connectivity index is 2.43. The molecule has 0 aliphatic carbocycles. The summed E-state index contributed by atoms with van der Waals surface area (Å²) >= 11 is 3.27. The van der Waals surface area contributed by atoms with Crippen LogP contribution in [0.15, 0.2) is 65.3 Å². The number of carbonyl (C=O) groups is 7. The molecule has 16 nitrogen and oxygen atoms in total. The molecule has 294 valence electrons. The van der Waals surface area contributed by atoms with E-state index in [1.54, 1.807) is 82.4 Å². The van der Waals surface area contributed by atoms with Gasteiger partial charge in [0.1, 0.15) is 42.1 Å². The number of nitrogens with one attached hydrogen (secondary N) is 5. The summed E-state index contributed by atoms with van der Waals surface area (Å²) in [6, 6.07) is -1.85. The highest BCUT2D eigenvalue weighted by Crippen LogP contribution is 2.24. The number of primary amides is 2. The number of nitrogens with two attached hydrogens (primary N) is 2. The maximum Gasteiger partial charge on any atom is 0.328 e. The van der Waals surface area contributed by atoms with Crippen molar-refractivity contribution in [1.82, 2.24) is 26.6 Å². The van der Waals surface area contributed by atoms with Crippen molar-refractivity contribution in [2.24, 2.45) is 23.3 Å². The van der Waals surface area contributed by atoms with Crippen LogP contribution in [0.4, 0.5) is 0 Å². The minimum Gasteiger partial charge on any atom is -0.507 e. The average Bonchev–Trinajstić information content (AvgIpc) is 3.07. The molecule has 6 amide bonds. The first-order valence-corrected chi connectivity index (χ1v) is 18.1. The molecule has 2 unspecified atom stereocenters. The summed E-state index contributed by atoms with van der Waals surface area (Å²) in [5.41, 5.74) is 11.6. The van der Waals surface area contributed by atoms with Crippen LogP contribution in [0.5, 0.6) is 5.75 Å². The lowest BCUT2D eigenvalue weighted by atomic mass is 10.0. The minimum absolute atomic E-state index is 0.0918. The van der Waals surface area contributed by atoms with E-state index in [-0.39, 0.29) is 18.1 Å². The normalized spacial score (nSPS) is 23.8. The number of phenolic OH excluding ortho intramolecular Hbond substituents is 1. The van der Waals surface area contributed by atoms with Gasteiger partial charge in [-0.2, -0.15) is 0 Å². The molecule has 17 heteroatoms. The second kappa shape index (κ2) is 21.9. The van der Waals surface area contributed by atoms with Gasteiger partial charge in [-0.3, -0.25) is 28.8 Å². The SMILES string of the molecule is CC(C)CC1NC(=O)[C@H](CC(N)=O)NC(=O)C(CC(N)=O)NC(=O)[C@H](C(C)C)NC(=O)[C@@H](N/C=C/C=C/C=C/C=C/c2ccc(O)c(Br)c2)[C@@H](C)OC1=O. The summed E-state index contributed by atoms with van der Waals surface area (Å²) in [5, 5.41) is 22.4. The molecule has 1 aliphatic heterocycles. The van der Waals surface area contributed by atoms with E-state index in [2.05, 4.69) is 42.5 Å². The highest BCUT2D eigenvalue weighted by atomic mass is 79.9. The Morgan fingerprint density at radius 1 is 0.815 bits per heavy atom. The maximum absolute atomic E-state index is 13.8. The number of ether oxygens (including phenoxy) is 1. The number of esters is 1. The van der Waals surface area contributed by atoms with Gasteiger partial charge in [0, 0.05) is 0 Å². The van der Waals surface area contributed by atoms with Crippen LogP contribution in [0.1, 0.15) is 59.4 Å². The highest BCUT2D eigenvalue weighted by Gasteiger charge is 2.37. The van der Waals surface area contributed by atoms with E-state index in [1.807, 2.05) is 6.08 Å². The third kappa shape index (κ3) is 15.3. The van der Waals surface area contributed by atoms with Crippen LogP contribution in [0.3, 0.4) is 0 Å². The van der Waals surface area contributed by atoms with Crippen molar-refractivity contribution in [2.45, 2.75) is 90.2 Å². The molecule has 1 heterocycles. The third-order valence-corrected chi connectivity index (χ3v) is 8.51. The van der Waals surface area contributed by atoms with E-state index in [0.29, 0.717) is 4.47 Å². The summed E-state index contributed by atoms with van der Waals surface area (Å²) in [5.74, 6) is -6.92. The number of carbonyl (C=O) groups excluding carboxylic acids is 7. The predicted molar refractivity (Wildman–Crippen MR) is 204 cm³/mol. The van der Waals surface area contributed by atoms with Crippen molar-refractivity contribution in [3.8, 4) is 5.75 Å². The van der Waals surface area contributed by atoms with Gasteiger partial charge in [-0.1, -0.05) is 70.2 Å². The third-order valence-electron chi connectivity index (χ3n) is 7.87. The van der Waals surface area contributed by atoms with Gasteiger partial charge in [-0.15, -0.1) is 0 Å². The molecule has 1 aliphatic rings. The van der Waals surface area contributed by atoms with E-state index >= 15 is 0 Å². The molecule has 0 aromatic heterocycles. The number of halogens is 1. The topological polar surface area (TPSA) is 261 Å². The molecule has 0 radical (unpaired) electrons. The number of amides is 6. The fraction of sp³-hybridized carbons (Fsp3) is 0.432. The Morgan fingerprint density at radius 2 is 1.35 bits per heavy atom. The zero-order valence-corrected chi connectivity index (χ0v) is 32.4. The molecule has 1 aromatic rings. The molecule has 1 fully saturated rings. The largest absolute Gasteiger partial charge is 0.507 e. The summed E-state index contributed by atoms with van der Waals surface area (Å²) in [6.45, 7) is 8.33. The van der Waals surface area contributed by atoms with Crippen LogP contribution < -0.4 is 38.1 Å². The van der Waals surface area contributed by atoms with Crippen LogP contribution >= 0.6 is 15.9 Å². The van der Waals surface area contributed by atoms with Gasteiger partial charge in [-0.05, 0) is 71.1 Å². The zero-order valence-electron chi connectivity index (χ0n) is 30.8. The molecule has 10 N–H and O–H groups in total. The van der Waals surface area contributed by atoms with Crippen molar-refractivity contribution in [1.29, 1.82) is 0 Å². The Morgan fingerprint density at radius 3 is 1.89 bits per heavy atom. The Hall–Kier alpha value is -5.45. The number of phenols is 1. The number of cyclic esters (lactones) is 1. The first-order chi connectivity index (χ1) is 25.4. The number of aromatic hydroxyl groups is 1. The van der Waals surface area contributed by atoms with Gasteiger partial charge in [-0.25, -0.2) is 4.79 Å². The minimum atomic E-state index is -1.59. The number of benzene rings is 1. The number of hydrogen-bond acceptors (Lipinski definition) is 10. The fourth-order valence-electron chi connectivity index (χ4n) is 5.11. The second-order valence-corrected chi connectivity index (χ2v) is 14.2. The van der Waals surface area contributed by atoms with Crippen LogP contribution in [-0.2, 0) is 38.3 Å². The van der Waals surface area contributed by atoms with E-state index in [1.165, 1.54) is 13.1 Å². The maximum atomic E-state index is 13.8. The lowest BCUT2D eigenvalue weighted by molar-refractivity contribution is -0.155. The average molecular weight is 817 g/mol. The molecule has 6 atom stereocenters. The quantitative estimate of drug-likeness (QED) is 0.104. The first kappa shape index (κ1) is 44.7. The second-order valence-electron chi connectivity index (χ2n) is 13.4. The Labute approximate surface area is 322 Å². The highest BCUT2D eigenvalue weighted by molar-refractivity contribution is 9.10. The molecule has 0 saturated carbocycles. The fourth-order valence-corrected chi connectivity index (χ4v) is 5.51. The monoisotopic (exact) mass is 815 g/mol. The van der Waals surface area contributed by atoms with Crippen LogP contribution in [0.2, 0.25) is 0 Å². The van der Waals surface area contributed by atoms with Gasteiger partial charge < -0.3 is 47.9 Å². The Kier molecular flexibility index (Phi) is 18.2. The molecule has 54 heavy (non-hydrogen) atoms. The van der Waals surface area contributed by atoms with E-state index < -0.39 is 96.5 Å². The van der Waals surface area contributed by atoms with Gasteiger partial charge in [0.05, 0.1) is 17.3 Å². The summed E-state index contributed by atoms with van der Waals surface area (Å²) in [4.78, 5) is 91.3. The predicted octanol–water partition coefficient (Wildman–Crippen LogP) is 1.09. The van der Waals surface area contributed by atoms with E-state index in [4.69, 9.17) is 16.2 Å². The zero-order chi connectivity index (χ0) is 40.5. The van der Waals surface area contributed by atoms with Crippen molar-refractivity contribution < 1.29 is 43.4 Å². The van der Waals surface area contributed by atoms with Gasteiger partial charge in [0.25, 0.3) is 0 Å². The van der Waals surface area contributed by atoms with Crippen molar-refractivity contribution in [2.75, 3.05) is 0 Å². The molecule has 0 spiro atoms. The standard InChI is InChI=1S/C37H50BrN7O9/c1-20(2)16-27-37(53)54-22(5)32(41-15-11-9-7-6-8-10-12-23-13-14-28(46)24(38)17-23)36(52)45-31(21(3)4)35(51)43-26(19-30(40)48)33(49)42-25(18-29(39)47)34(50)44-27/h6-15,17,20-22,25-27,31-32,41,46H,16,18-19H2,1-5H3,(H2,39,47)(H2,40,48)(H,42,49)(H,43,51)(H,44,50)(H,45,52)/b8-6+,9-7+,12-10+,15-11+/t22-,25+,26?,27?,31+,32+/m1/s1. The Bertz CT molecular complexity index is 1660.